The Morgan fingerprint density at radius 3 is 2.22 bits per heavy atom. The molecular weight excluding hydrogens is 592 g/mol. The molecule has 3 aliphatic carbocycles. The number of hydrogen-bond donors (Lipinski definition) is 2. The Hall–Kier alpha value is -2.37. The normalized spacial score (nSPS) is 37.4. The first kappa shape index (κ1) is 34.0. The van der Waals surface area contributed by atoms with Crippen molar-refractivity contribution in [1.29, 1.82) is 0 Å². The SMILES string of the molecule is CC[Si](CC)(CC)O[C@H]1C[C@H]2OC[C@@]2(OC(C)=O)C2[C@H](OC(=O)c3ccccc3)[C@]3(O)C[C@H](O)C(C)=C(C(=O)C[C@@]21C)C3(C)C. The Morgan fingerprint density at radius 2 is 1.69 bits per heavy atom. The van der Waals surface area contributed by atoms with Crippen molar-refractivity contribution in [3.05, 3.63) is 47.0 Å². The van der Waals surface area contributed by atoms with Crippen LogP contribution in [0.15, 0.2) is 41.5 Å². The highest BCUT2D eigenvalue weighted by molar-refractivity contribution is 6.73. The molecule has 2 saturated carbocycles. The van der Waals surface area contributed by atoms with E-state index in [1.165, 1.54) is 6.92 Å². The van der Waals surface area contributed by atoms with Gasteiger partial charge in [0.15, 0.2) is 19.7 Å². The lowest BCUT2D eigenvalue weighted by atomic mass is 9.45. The van der Waals surface area contributed by atoms with E-state index in [1.54, 1.807) is 51.1 Å². The van der Waals surface area contributed by atoms with Gasteiger partial charge < -0.3 is 28.8 Å². The van der Waals surface area contributed by atoms with Gasteiger partial charge in [0.25, 0.3) is 0 Å². The molecule has 2 bridgehead atoms. The van der Waals surface area contributed by atoms with Crippen molar-refractivity contribution in [3.63, 3.8) is 0 Å². The molecule has 10 heteroatoms. The Bertz CT molecular complexity index is 1360. The van der Waals surface area contributed by atoms with Crippen LogP contribution in [0.1, 0.15) is 85.0 Å². The van der Waals surface area contributed by atoms with E-state index in [4.69, 9.17) is 18.6 Å². The van der Waals surface area contributed by atoms with Crippen LogP contribution in [0.5, 0.6) is 0 Å². The molecule has 0 amide bonds. The molecule has 9 nitrogen and oxygen atoms in total. The zero-order valence-corrected chi connectivity index (χ0v) is 29.0. The first-order chi connectivity index (χ1) is 21.1. The average molecular weight is 643 g/mol. The number of fused-ring (bicyclic) bond motifs is 5. The lowest BCUT2D eigenvalue weighted by Gasteiger charge is -2.68. The summed E-state index contributed by atoms with van der Waals surface area (Å²) in [5, 5.41) is 24.4. The van der Waals surface area contributed by atoms with Crippen molar-refractivity contribution in [2.24, 2.45) is 16.7 Å². The van der Waals surface area contributed by atoms with E-state index in [0.29, 0.717) is 23.1 Å². The summed E-state index contributed by atoms with van der Waals surface area (Å²) in [4.78, 5) is 41.4. The fourth-order valence-corrected chi connectivity index (χ4v) is 12.1. The third-order valence-electron chi connectivity index (χ3n) is 12.1. The second kappa shape index (κ2) is 11.7. The van der Waals surface area contributed by atoms with Crippen molar-refractivity contribution in [2.45, 2.75) is 128 Å². The fourth-order valence-electron chi connectivity index (χ4n) is 9.13. The van der Waals surface area contributed by atoms with E-state index in [2.05, 4.69) is 20.8 Å². The van der Waals surface area contributed by atoms with Gasteiger partial charge in [-0.3, -0.25) is 9.59 Å². The van der Waals surface area contributed by atoms with E-state index >= 15 is 0 Å². The summed E-state index contributed by atoms with van der Waals surface area (Å²) in [6, 6.07) is 11.2. The predicted molar refractivity (Wildman–Crippen MR) is 170 cm³/mol. The van der Waals surface area contributed by atoms with E-state index in [1.807, 2.05) is 6.92 Å². The molecule has 1 saturated heterocycles. The minimum Gasteiger partial charge on any atom is -0.455 e. The molecule has 1 aliphatic heterocycles. The predicted octanol–water partition coefficient (Wildman–Crippen LogP) is 5.14. The Labute approximate surface area is 267 Å². The van der Waals surface area contributed by atoms with Gasteiger partial charge in [-0.05, 0) is 42.8 Å². The number of hydrogen-bond acceptors (Lipinski definition) is 9. The third kappa shape index (κ3) is 5.06. The van der Waals surface area contributed by atoms with Crippen LogP contribution < -0.4 is 0 Å². The zero-order chi connectivity index (χ0) is 33.2. The number of carbonyl (C=O) groups is 3. The molecule has 8 atom stereocenters. The molecule has 45 heavy (non-hydrogen) atoms. The summed E-state index contributed by atoms with van der Waals surface area (Å²) in [6.45, 7) is 15.0. The van der Waals surface area contributed by atoms with Crippen LogP contribution in [0.2, 0.25) is 18.1 Å². The number of aliphatic hydroxyl groups excluding tert-OH is 1. The van der Waals surface area contributed by atoms with Gasteiger partial charge in [-0.25, -0.2) is 4.79 Å². The molecule has 0 spiro atoms. The number of carbonyl (C=O) groups excluding carboxylic acids is 3. The summed E-state index contributed by atoms with van der Waals surface area (Å²) in [5.41, 5.74) is -4.32. The molecule has 4 aliphatic rings. The zero-order valence-electron chi connectivity index (χ0n) is 28.0. The van der Waals surface area contributed by atoms with Crippen LogP contribution in [-0.2, 0) is 28.2 Å². The quantitative estimate of drug-likeness (QED) is 0.293. The first-order valence-electron chi connectivity index (χ1n) is 16.5. The molecule has 1 aromatic carbocycles. The van der Waals surface area contributed by atoms with Gasteiger partial charge in [-0.2, -0.15) is 0 Å². The molecule has 248 valence electrons. The van der Waals surface area contributed by atoms with Crippen LogP contribution in [-0.4, -0.2) is 78.5 Å². The third-order valence-corrected chi connectivity index (χ3v) is 16.7. The summed E-state index contributed by atoms with van der Waals surface area (Å²) in [6.07, 6.45) is -3.31. The lowest BCUT2D eigenvalue weighted by molar-refractivity contribution is -0.348. The monoisotopic (exact) mass is 642 g/mol. The first-order valence-corrected chi connectivity index (χ1v) is 19.0. The number of rotatable bonds is 8. The van der Waals surface area contributed by atoms with Crippen LogP contribution in [0.3, 0.4) is 0 Å². The number of esters is 2. The molecule has 0 radical (unpaired) electrons. The van der Waals surface area contributed by atoms with Crippen LogP contribution >= 0.6 is 0 Å². The van der Waals surface area contributed by atoms with E-state index in [0.717, 1.165) is 18.1 Å². The van der Waals surface area contributed by atoms with Gasteiger partial charge in [0.05, 0.1) is 30.3 Å². The fraction of sp³-hybridized carbons (Fsp3) is 0.686. The van der Waals surface area contributed by atoms with Crippen molar-refractivity contribution in [3.8, 4) is 0 Å². The van der Waals surface area contributed by atoms with E-state index in [9.17, 15) is 24.6 Å². The second-order valence-electron chi connectivity index (χ2n) is 14.5. The molecule has 1 heterocycles. The smallest absolute Gasteiger partial charge is 0.338 e. The highest BCUT2D eigenvalue weighted by atomic mass is 28.4. The summed E-state index contributed by atoms with van der Waals surface area (Å²) >= 11 is 0. The van der Waals surface area contributed by atoms with Gasteiger partial charge in [-0.1, -0.05) is 59.7 Å². The Balaban J connectivity index is 1.80. The molecule has 2 N–H and O–H groups in total. The molecule has 1 unspecified atom stereocenters. The topological polar surface area (TPSA) is 129 Å². The van der Waals surface area contributed by atoms with E-state index < -0.39 is 72.6 Å². The summed E-state index contributed by atoms with van der Waals surface area (Å²) in [7, 11) is -2.27. The van der Waals surface area contributed by atoms with Gasteiger partial charge >= 0.3 is 11.9 Å². The van der Waals surface area contributed by atoms with Crippen molar-refractivity contribution in [1.82, 2.24) is 0 Å². The maximum atomic E-state index is 14.6. The van der Waals surface area contributed by atoms with Crippen LogP contribution in [0.25, 0.3) is 0 Å². The largest absolute Gasteiger partial charge is 0.455 e. The lowest BCUT2D eigenvalue weighted by Crippen LogP contribution is -2.80. The molecule has 0 aromatic heterocycles. The summed E-state index contributed by atoms with van der Waals surface area (Å²) in [5.74, 6) is -2.27. The number of ether oxygens (including phenoxy) is 3. The van der Waals surface area contributed by atoms with Gasteiger partial charge in [-0.15, -0.1) is 0 Å². The second-order valence-corrected chi connectivity index (χ2v) is 19.3. The minimum absolute atomic E-state index is 0.00200. The number of aliphatic hydroxyl groups is 2. The highest BCUT2D eigenvalue weighted by Crippen LogP contribution is 2.65. The van der Waals surface area contributed by atoms with Crippen LogP contribution in [0, 0.1) is 16.7 Å². The van der Waals surface area contributed by atoms with Gasteiger partial charge in [0.1, 0.15) is 17.8 Å². The number of benzene rings is 1. The van der Waals surface area contributed by atoms with Crippen molar-refractivity contribution in [2.75, 3.05) is 6.61 Å². The summed E-state index contributed by atoms with van der Waals surface area (Å²) < 4.78 is 26.1. The number of ketones is 1. The van der Waals surface area contributed by atoms with Gasteiger partial charge in [0.2, 0.25) is 0 Å². The standard InChI is InChI=1S/C35H50O9Si/c1-9-45(10-2,11-3)44-26-17-27-34(20-41-27,43-22(5)36)29-30(42-31(39)23-15-13-12-14-16-23)35(40)19-24(37)21(4)28(32(35,6)7)25(38)18-33(26,29)8/h12-16,24,26-27,29-30,37,40H,9-11,17-20H2,1-8H3/t24-,26-,27+,29?,30-,33+,34-,35+/m0/s1. The molecule has 3 fully saturated rings. The van der Waals surface area contributed by atoms with E-state index in [-0.39, 0.29) is 25.2 Å². The maximum Gasteiger partial charge on any atom is 0.338 e. The molecular formula is C35H50O9Si. The van der Waals surface area contributed by atoms with Crippen molar-refractivity contribution < 1.29 is 43.2 Å². The molecule has 5 rings (SSSR count). The minimum atomic E-state index is -2.27. The Morgan fingerprint density at radius 1 is 1.07 bits per heavy atom. The number of Topliss-reactive ketones (excluding diaryl/α,β-unsaturated/α-hetero) is 1. The molecule has 1 aromatic rings. The van der Waals surface area contributed by atoms with Gasteiger partial charge in [0, 0.05) is 42.6 Å². The average Bonchev–Trinajstić information content (AvgIpc) is 2.98. The Kier molecular flexibility index (Phi) is 8.83. The van der Waals surface area contributed by atoms with Crippen molar-refractivity contribution >= 4 is 26.0 Å². The van der Waals surface area contributed by atoms with Crippen LogP contribution in [0.4, 0.5) is 0 Å². The highest BCUT2D eigenvalue weighted by Gasteiger charge is 2.76. The maximum absolute atomic E-state index is 14.6.